The van der Waals surface area contributed by atoms with Crippen molar-refractivity contribution >= 4 is 23.9 Å². The fraction of sp³-hybridized carbons (Fsp3) is 0.294. The number of hydrogen-bond acceptors (Lipinski definition) is 12. The molecular weight excluding hydrogens is 672 g/mol. The number of nitrogens with zero attached hydrogens (tertiary/aromatic N) is 1. The zero-order valence-electron chi connectivity index (χ0n) is 28.0. The maximum Gasteiger partial charge on any atom is 0.336 e. The molecule has 2 aromatic carbocycles. The van der Waals surface area contributed by atoms with Gasteiger partial charge in [-0.15, -0.1) is 0 Å². The number of hydroxylamine groups is 2. The van der Waals surface area contributed by atoms with Crippen LogP contribution in [0.4, 0.5) is 17.6 Å². The van der Waals surface area contributed by atoms with Crippen LogP contribution >= 0.6 is 0 Å². The van der Waals surface area contributed by atoms with Crippen LogP contribution in [0, 0.1) is 23.3 Å². The number of esters is 4. The highest BCUT2D eigenvalue weighted by Crippen LogP contribution is 2.46. The number of rotatable bonds is 8. The van der Waals surface area contributed by atoms with E-state index in [1.807, 2.05) is 0 Å². The Morgan fingerprint density at radius 3 is 1.50 bits per heavy atom. The summed E-state index contributed by atoms with van der Waals surface area (Å²) in [6.07, 6.45) is 0. The van der Waals surface area contributed by atoms with Crippen molar-refractivity contribution in [1.29, 1.82) is 0 Å². The van der Waals surface area contributed by atoms with Crippen LogP contribution in [0.2, 0.25) is 0 Å². The number of aromatic hydroxyl groups is 1. The number of allylic oxidation sites excluding steroid dienone is 4. The van der Waals surface area contributed by atoms with Crippen molar-refractivity contribution < 1.29 is 65.6 Å². The second-order valence-corrected chi connectivity index (χ2v) is 11.0. The lowest BCUT2D eigenvalue weighted by atomic mass is 9.79. The molecule has 0 atom stereocenters. The van der Waals surface area contributed by atoms with E-state index in [-0.39, 0.29) is 33.9 Å². The van der Waals surface area contributed by atoms with Gasteiger partial charge in [-0.2, -0.15) is 9.45 Å². The van der Waals surface area contributed by atoms with E-state index in [0.29, 0.717) is 12.1 Å². The van der Waals surface area contributed by atoms with Crippen LogP contribution in [0.5, 0.6) is 11.5 Å². The molecule has 2 N–H and O–H groups in total. The first-order valence-corrected chi connectivity index (χ1v) is 14.6. The number of ether oxygens (including phenoxy) is 4. The van der Waals surface area contributed by atoms with Crippen LogP contribution in [0.1, 0.15) is 50.7 Å². The minimum absolute atomic E-state index is 0.198. The molecule has 0 bridgehead atoms. The van der Waals surface area contributed by atoms with Gasteiger partial charge in [-0.1, -0.05) is 6.07 Å². The van der Waals surface area contributed by atoms with Gasteiger partial charge in [0.25, 0.3) is 0 Å². The Kier molecular flexibility index (Phi) is 10.6. The third-order valence-electron chi connectivity index (χ3n) is 8.28. The summed E-state index contributed by atoms with van der Waals surface area (Å²) in [5, 5.41) is 13.3. The van der Waals surface area contributed by atoms with Gasteiger partial charge in [-0.05, 0) is 33.8 Å². The largest absolute Gasteiger partial charge is 0.508 e. The van der Waals surface area contributed by atoms with Gasteiger partial charge in [0.05, 0.1) is 74.0 Å². The van der Waals surface area contributed by atoms with E-state index in [1.165, 1.54) is 27.7 Å². The van der Waals surface area contributed by atoms with E-state index in [0.717, 1.165) is 45.6 Å². The zero-order valence-corrected chi connectivity index (χ0v) is 28.0. The lowest BCUT2D eigenvalue weighted by Gasteiger charge is -2.36. The molecule has 2 aromatic rings. The Labute approximate surface area is 283 Å². The zero-order chi connectivity index (χ0) is 37.4. The first-order chi connectivity index (χ1) is 23.5. The SMILES string of the molecule is COC(=O)C1=C(C)NC(C)=C(C(=O)OC)C1c1ccc(ON2C(C)=C(C(=O)OC)C(c3c(F)cc(O)cc3F)C(C(=O)OC)=C2C)c(F)c1F. The van der Waals surface area contributed by atoms with Gasteiger partial charge in [0.1, 0.15) is 17.4 Å². The van der Waals surface area contributed by atoms with Crippen molar-refractivity contribution in [3.05, 3.63) is 104 Å². The number of dihydropyridines is 1. The van der Waals surface area contributed by atoms with Gasteiger partial charge in [0, 0.05) is 34.7 Å². The third-order valence-corrected chi connectivity index (χ3v) is 8.28. The van der Waals surface area contributed by atoms with E-state index in [9.17, 15) is 24.3 Å². The fourth-order valence-electron chi connectivity index (χ4n) is 6.06. The summed E-state index contributed by atoms with van der Waals surface area (Å²) in [4.78, 5) is 57.8. The highest BCUT2D eigenvalue weighted by Gasteiger charge is 2.45. The molecule has 0 amide bonds. The molecule has 0 aromatic heterocycles. The second kappa shape index (κ2) is 14.4. The van der Waals surface area contributed by atoms with E-state index >= 15 is 17.6 Å². The number of halogens is 4. The maximum atomic E-state index is 16.1. The molecule has 0 radical (unpaired) electrons. The molecule has 4 rings (SSSR count). The van der Waals surface area contributed by atoms with Crippen molar-refractivity contribution in [3.8, 4) is 11.5 Å². The fourth-order valence-corrected chi connectivity index (χ4v) is 6.06. The standard InChI is InChI=1S/C34H32F4N2O10/c1-13-22(31(42)46-5)26(23(14(2)39-13)32(43)47-6)18-9-10-21(30(38)29(18)37)50-40-15(3)24(33(44)48-7)28(25(16(40)4)34(45)49-8)27-19(35)11-17(41)12-20(27)36/h9-12,26,28,39,41H,1-8H3. The highest BCUT2D eigenvalue weighted by atomic mass is 19.2. The summed E-state index contributed by atoms with van der Waals surface area (Å²) in [7, 11) is 4.06. The van der Waals surface area contributed by atoms with Gasteiger partial charge >= 0.3 is 23.9 Å². The molecule has 2 heterocycles. The molecule has 50 heavy (non-hydrogen) atoms. The van der Waals surface area contributed by atoms with E-state index in [1.54, 1.807) is 0 Å². The Hall–Kier alpha value is -5.80. The number of nitrogens with one attached hydrogen (secondary N) is 1. The van der Waals surface area contributed by atoms with Gasteiger partial charge in [-0.3, -0.25) is 0 Å². The first kappa shape index (κ1) is 37.0. The predicted molar refractivity (Wildman–Crippen MR) is 164 cm³/mol. The number of phenolic OH excluding ortho intramolecular Hbond substituents is 1. The van der Waals surface area contributed by atoms with E-state index in [2.05, 4.69) is 5.32 Å². The number of methoxy groups -OCH3 is 4. The topological polar surface area (TPSA) is 150 Å². The van der Waals surface area contributed by atoms with Crippen molar-refractivity contribution in [2.45, 2.75) is 39.5 Å². The number of phenols is 1. The van der Waals surface area contributed by atoms with Crippen molar-refractivity contribution in [2.75, 3.05) is 28.4 Å². The Bertz CT molecular complexity index is 1850. The molecule has 16 heteroatoms. The summed E-state index contributed by atoms with van der Waals surface area (Å²) in [6.45, 7) is 5.42. The number of carbonyl (C=O) groups is 4. The molecule has 0 fully saturated rings. The lowest BCUT2D eigenvalue weighted by Crippen LogP contribution is -2.37. The molecule has 0 spiro atoms. The van der Waals surface area contributed by atoms with Crippen LogP contribution in [-0.4, -0.2) is 62.5 Å². The van der Waals surface area contributed by atoms with Gasteiger partial charge in [0.15, 0.2) is 11.6 Å². The molecule has 2 aliphatic rings. The van der Waals surface area contributed by atoms with Crippen molar-refractivity contribution in [3.63, 3.8) is 0 Å². The van der Waals surface area contributed by atoms with Crippen LogP contribution in [0.25, 0.3) is 0 Å². The minimum atomic E-state index is -1.81. The minimum Gasteiger partial charge on any atom is -0.508 e. The van der Waals surface area contributed by atoms with Crippen LogP contribution in [0.3, 0.4) is 0 Å². The summed E-state index contributed by atoms with van der Waals surface area (Å²) in [6, 6.07) is 3.15. The summed E-state index contributed by atoms with van der Waals surface area (Å²) in [5.74, 6) is -14.9. The Morgan fingerprint density at radius 2 is 1.08 bits per heavy atom. The summed E-state index contributed by atoms with van der Waals surface area (Å²) >= 11 is 0. The average molecular weight is 705 g/mol. The molecule has 2 aliphatic heterocycles. The van der Waals surface area contributed by atoms with Crippen molar-refractivity contribution in [1.82, 2.24) is 10.4 Å². The van der Waals surface area contributed by atoms with Crippen LogP contribution in [-0.2, 0) is 38.1 Å². The Morgan fingerprint density at radius 1 is 0.660 bits per heavy atom. The summed E-state index contributed by atoms with van der Waals surface area (Å²) in [5.41, 5.74) is -2.89. The van der Waals surface area contributed by atoms with Gasteiger partial charge < -0.3 is 34.2 Å². The number of carbonyl (C=O) groups excluding carboxylic acids is 4. The summed E-state index contributed by atoms with van der Waals surface area (Å²) < 4.78 is 82.1. The van der Waals surface area contributed by atoms with E-state index < -0.39 is 92.8 Å². The molecule has 0 saturated carbocycles. The molecule has 0 unspecified atom stereocenters. The second-order valence-electron chi connectivity index (χ2n) is 11.0. The smallest absolute Gasteiger partial charge is 0.336 e. The van der Waals surface area contributed by atoms with Gasteiger partial charge in [-0.25, -0.2) is 32.3 Å². The third kappa shape index (κ3) is 6.23. The molecule has 0 aliphatic carbocycles. The number of hydrogen-bond donors (Lipinski definition) is 2. The highest BCUT2D eigenvalue weighted by molar-refractivity contribution is 6.00. The van der Waals surface area contributed by atoms with E-state index in [4.69, 9.17) is 23.8 Å². The lowest BCUT2D eigenvalue weighted by molar-refractivity contribution is -0.139. The average Bonchev–Trinajstić information content (AvgIpc) is 3.06. The van der Waals surface area contributed by atoms with Crippen LogP contribution in [0.15, 0.2) is 69.3 Å². The maximum absolute atomic E-state index is 16.1. The first-order valence-electron chi connectivity index (χ1n) is 14.6. The van der Waals surface area contributed by atoms with Crippen LogP contribution < -0.4 is 10.2 Å². The van der Waals surface area contributed by atoms with Gasteiger partial charge in [0.2, 0.25) is 5.82 Å². The normalized spacial score (nSPS) is 15.6. The molecular formula is C34H32F4N2O10. The molecule has 12 nitrogen and oxygen atoms in total. The Balaban J connectivity index is 1.93. The van der Waals surface area contributed by atoms with Crippen molar-refractivity contribution in [2.24, 2.45) is 0 Å². The number of benzene rings is 2. The monoisotopic (exact) mass is 704 g/mol. The predicted octanol–water partition coefficient (Wildman–Crippen LogP) is 4.82. The molecule has 266 valence electrons. The quantitative estimate of drug-likeness (QED) is 0.221. The molecule has 0 saturated heterocycles.